The molecule has 2 N–H and O–H groups in total. The minimum Gasteiger partial charge on any atom is -0.341 e. The number of amides is 1. The Morgan fingerprint density at radius 3 is 2.71 bits per heavy atom. The normalized spacial score (nSPS) is 32.2. The van der Waals surface area contributed by atoms with E-state index in [4.69, 9.17) is 5.73 Å². The van der Waals surface area contributed by atoms with Crippen LogP contribution in [0.15, 0.2) is 0 Å². The predicted molar refractivity (Wildman–Crippen MR) is 68.6 cm³/mol. The second-order valence-corrected chi connectivity index (χ2v) is 5.61. The van der Waals surface area contributed by atoms with Crippen molar-refractivity contribution in [3.05, 3.63) is 0 Å². The molecule has 1 amide bonds. The summed E-state index contributed by atoms with van der Waals surface area (Å²) >= 11 is 0. The fraction of sp³-hybridized carbons (Fsp3) is 0.923. The van der Waals surface area contributed by atoms with Crippen LogP contribution in [-0.4, -0.2) is 55.0 Å². The molecule has 98 valence electrons. The highest BCUT2D eigenvalue weighted by Crippen LogP contribution is 2.25. The fourth-order valence-electron chi connectivity index (χ4n) is 2.98. The van der Waals surface area contributed by atoms with E-state index < -0.39 is 0 Å². The Morgan fingerprint density at radius 1 is 1.12 bits per heavy atom. The van der Waals surface area contributed by atoms with Crippen LogP contribution in [0, 0.1) is 5.92 Å². The van der Waals surface area contributed by atoms with Crippen LogP contribution in [0.5, 0.6) is 0 Å². The number of carbonyl (C=O) groups is 1. The van der Waals surface area contributed by atoms with Gasteiger partial charge in [-0.15, -0.1) is 0 Å². The average molecular weight is 239 g/mol. The summed E-state index contributed by atoms with van der Waals surface area (Å²) in [6.07, 6.45) is 5.24. The van der Waals surface area contributed by atoms with Crippen molar-refractivity contribution in [3.63, 3.8) is 0 Å². The third-order valence-electron chi connectivity index (χ3n) is 4.10. The molecular formula is C13H25N3O. The Bertz CT molecular complexity index is 269. The first-order chi connectivity index (χ1) is 8.16. The van der Waals surface area contributed by atoms with Crippen molar-refractivity contribution >= 4 is 5.91 Å². The molecular weight excluding hydrogens is 214 g/mol. The van der Waals surface area contributed by atoms with E-state index in [1.54, 1.807) is 0 Å². The van der Waals surface area contributed by atoms with Crippen molar-refractivity contribution in [2.75, 3.05) is 33.2 Å². The lowest BCUT2D eigenvalue weighted by atomic mass is 9.85. The van der Waals surface area contributed by atoms with Crippen LogP contribution >= 0.6 is 0 Å². The second-order valence-electron chi connectivity index (χ2n) is 5.61. The largest absolute Gasteiger partial charge is 0.341 e. The molecule has 0 aromatic carbocycles. The first kappa shape index (κ1) is 12.8. The quantitative estimate of drug-likeness (QED) is 0.731. The number of carbonyl (C=O) groups excluding carboxylic acids is 1. The van der Waals surface area contributed by atoms with Gasteiger partial charge in [0.25, 0.3) is 0 Å². The molecule has 1 aliphatic heterocycles. The molecule has 2 aliphatic rings. The number of likely N-dealkylation sites (N-methyl/N-ethyl adjacent to an activating group) is 1. The zero-order valence-electron chi connectivity index (χ0n) is 10.9. The minimum atomic E-state index is 0.196. The van der Waals surface area contributed by atoms with Gasteiger partial charge < -0.3 is 15.5 Å². The molecule has 0 aromatic rings. The van der Waals surface area contributed by atoms with Crippen molar-refractivity contribution in [2.24, 2.45) is 11.7 Å². The van der Waals surface area contributed by atoms with E-state index in [2.05, 4.69) is 16.8 Å². The van der Waals surface area contributed by atoms with Gasteiger partial charge in [0.2, 0.25) is 5.91 Å². The molecule has 2 unspecified atom stereocenters. The molecule has 1 saturated heterocycles. The SMILES string of the molecule is CN1CCCN(C(=O)C2CCCC(N)C2)CC1. The Balaban J connectivity index is 1.89. The second kappa shape index (κ2) is 5.83. The van der Waals surface area contributed by atoms with Gasteiger partial charge in [-0.05, 0) is 39.3 Å². The molecule has 2 rings (SSSR count). The van der Waals surface area contributed by atoms with E-state index >= 15 is 0 Å². The standard InChI is InChI=1S/C13H25N3O/c1-15-6-3-7-16(9-8-15)13(17)11-4-2-5-12(14)10-11/h11-12H,2-10,14H2,1H3. The lowest BCUT2D eigenvalue weighted by Crippen LogP contribution is -2.42. The van der Waals surface area contributed by atoms with Gasteiger partial charge in [-0.2, -0.15) is 0 Å². The molecule has 17 heavy (non-hydrogen) atoms. The zero-order valence-corrected chi connectivity index (χ0v) is 10.9. The number of nitrogens with two attached hydrogens (primary N) is 1. The molecule has 1 saturated carbocycles. The molecule has 2 atom stereocenters. The predicted octanol–water partition coefficient (Wildman–Crippen LogP) is 0.668. The van der Waals surface area contributed by atoms with Crippen LogP contribution in [-0.2, 0) is 4.79 Å². The fourth-order valence-corrected chi connectivity index (χ4v) is 2.98. The van der Waals surface area contributed by atoms with Gasteiger partial charge >= 0.3 is 0 Å². The number of rotatable bonds is 1. The maximum atomic E-state index is 12.4. The summed E-state index contributed by atoms with van der Waals surface area (Å²) in [6, 6.07) is 0.243. The third kappa shape index (κ3) is 3.42. The monoisotopic (exact) mass is 239 g/mol. The molecule has 0 radical (unpaired) electrons. The number of hydrogen-bond acceptors (Lipinski definition) is 3. The molecule has 0 spiro atoms. The van der Waals surface area contributed by atoms with E-state index in [0.717, 1.165) is 58.3 Å². The van der Waals surface area contributed by atoms with Crippen LogP contribution < -0.4 is 5.73 Å². The maximum absolute atomic E-state index is 12.4. The summed E-state index contributed by atoms with van der Waals surface area (Å²) in [4.78, 5) is 16.8. The smallest absolute Gasteiger partial charge is 0.225 e. The summed E-state index contributed by atoms with van der Waals surface area (Å²) in [7, 11) is 2.13. The van der Waals surface area contributed by atoms with Gasteiger partial charge in [0, 0.05) is 31.6 Å². The van der Waals surface area contributed by atoms with Crippen molar-refractivity contribution in [2.45, 2.75) is 38.1 Å². The Hall–Kier alpha value is -0.610. The summed E-state index contributed by atoms with van der Waals surface area (Å²) in [5, 5.41) is 0. The third-order valence-corrected chi connectivity index (χ3v) is 4.10. The van der Waals surface area contributed by atoms with Crippen molar-refractivity contribution < 1.29 is 4.79 Å². The Kier molecular flexibility index (Phi) is 4.40. The van der Waals surface area contributed by atoms with E-state index in [1.807, 2.05) is 0 Å². The van der Waals surface area contributed by atoms with Gasteiger partial charge in [-0.3, -0.25) is 4.79 Å². The van der Waals surface area contributed by atoms with Gasteiger partial charge in [-0.1, -0.05) is 6.42 Å². The molecule has 0 aromatic heterocycles. The molecule has 1 aliphatic carbocycles. The highest BCUT2D eigenvalue weighted by molar-refractivity contribution is 5.79. The summed E-state index contributed by atoms with van der Waals surface area (Å²) < 4.78 is 0. The van der Waals surface area contributed by atoms with Crippen LogP contribution in [0.1, 0.15) is 32.1 Å². The van der Waals surface area contributed by atoms with Gasteiger partial charge in [0.05, 0.1) is 0 Å². The topological polar surface area (TPSA) is 49.6 Å². The van der Waals surface area contributed by atoms with Crippen LogP contribution in [0.4, 0.5) is 0 Å². The average Bonchev–Trinajstić information content (AvgIpc) is 2.53. The van der Waals surface area contributed by atoms with Crippen molar-refractivity contribution in [1.29, 1.82) is 0 Å². The Morgan fingerprint density at radius 2 is 1.94 bits per heavy atom. The number of nitrogens with zero attached hydrogens (tertiary/aromatic N) is 2. The summed E-state index contributed by atoms with van der Waals surface area (Å²) in [5.41, 5.74) is 5.97. The lowest BCUT2D eigenvalue weighted by molar-refractivity contribution is -0.136. The molecule has 4 heteroatoms. The van der Waals surface area contributed by atoms with E-state index in [9.17, 15) is 4.79 Å². The summed E-state index contributed by atoms with van der Waals surface area (Å²) in [6.45, 7) is 3.93. The van der Waals surface area contributed by atoms with Crippen molar-refractivity contribution in [3.8, 4) is 0 Å². The highest BCUT2D eigenvalue weighted by atomic mass is 16.2. The van der Waals surface area contributed by atoms with Crippen LogP contribution in [0.25, 0.3) is 0 Å². The first-order valence-electron chi connectivity index (χ1n) is 6.89. The minimum absolute atomic E-state index is 0.196. The molecule has 2 fully saturated rings. The molecule has 0 bridgehead atoms. The number of hydrogen-bond donors (Lipinski definition) is 1. The van der Waals surface area contributed by atoms with E-state index in [0.29, 0.717) is 5.91 Å². The maximum Gasteiger partial charge on any atom is 0.225 e. The lowest BCUT2D eigenvalue weighted by Gasteiger charge is -2.30. The van der Waals surface area contributed by atoms with Crippen LogP contribution in [0.3, 0.4) is 0 Å². The first-order valence-corrected chi connectivity index (χ1v) is 6.89. The van der Waals surface area contributed by atoms with Crippen LogP contribution in [0.2, 0.25) is 0 Å². The van der Waals surface area contributed by atoms with Gasteiger partial charge in [0.15, 0.2) is 0 Å². The Labute approximate surface area is 104 Å². The van der Waals surface area contributed by atoms with E-state index in [-0.39, 0.29) is 12.0 Å². The van der Waals surface area contributed by atoms with E-state index in [1.165, 1.54) is 0 Å². The summed E-state index contributed by atoms with van der Waals surface area (Å²) in [5.74, 6) is 0.553. The highest BCUT2D eigenvalue weighted by Gasteiger charge is 2.29. The molecule has 4 nitrogen and oxygen atoms in total. The molecule has 1 heterocycles. The van der Waals surface area contributed by atoms with Gasteiger partial charge in [-0.25, -0.2) is 0 Å². The van der Waals surface area contributed by atoms with Crippen molar-refractivity contribution in [1.82, 2.24) is 9.80 Å². The van der Waals surface area contributed by atoms with Gasteiger partial charge in [0.1, 0.15) is 0 Å². The zero-order chi connectivity index (χ0) is 12.3.